The van der Waals surface area contributed by atoms with Gasteiger partial charge in [0.15, 0.2) is 5.69 Å². The Morgan fingerprint density at radius 1 is 1.31 bits per heavy atom. The van der Waals surface area contributed by atoms with Crippen LogP contribution in [-0.4, -0.2) is 25.7 Å². The van der Waals surface area contributed by atoms with Crippen molar-refractivity contribution in [3.05, 3.63) is 46.9 Å². The van der Waals surface area contributed by atoms with Crippen LogP contribution >= 0.6 is 0 Å². The predicted octanol–water partition coefficient (Wildman–Crippen LogP) is 2.07. The van der Waals surface area contributed by atoms with Gasteiger partial charge in [0.2, 0.25) is 0 Å². The maximum Gasteiger partial charge on any atom is 0.253 e. The maximum atomic E-state index is 12.1. The second-order valence-corrected chi connectivity index (χ2v) is 6.14. The summed E-state index contributed by atoms with van der Waals surface area (Å²) in [7, 11) is 0. The Morgan fingerprint density at radius 3 is 2.77 bits per heavy atom. The number of fused-ring (bicyclic) bond motifs is 2. The van der Waals surface area contributed by atoms with E-state index in [0.29, 0.717) is 16.6 Å². The van der Waals surface area contributed by atoms with E-state index >= 15 is 0 Å². The zero-order valence-electron chi connectivity index (χ0n) is 14.2. The fourth-order valence-electron chi connectivity index (χ4n) is 3.43. The number of aromatic amines is 1. The van der Waals surface area contributed by atoms with Gasteiger partial charge in [0.1, 0.15) is 11.9 Å². The second kappa shape index (κ2) is 5.32. The van der Waals surface area contributed by atoms with Gasteiger partial charge in [-0.3, -0.25) is 14.5 Å². The van der Waals surface area contributed by atoms with Crippen molar-refractivity contribution in [2.45, 2.75) is 13.8 Å². The predicted molar refractivity (Wildman–Crippen MR) is 97.8 cm³/mol. The topological polar surface area (TPSA) is 139 Å². The van der Waals surface area contributed by atoms with Gasteiger partial charge in [-0.1, -0.05) is 6.07 Å². The summed E-state index contributed by atoms with van der Waals surface area (Å²) in [6, 6.07) is 7.64. The summed E-state index contributed by atoms with van der Waals surface area (Å²) in [5.74, 6) is -0.481. The Hall–Kier alpha value is -3.86. The molecule has 0 unspecified atom stereocenters. The first-order valence-corrected chi connectivity index (χ1v) is 7.88. The summed E-state index contributed by atoms with van der Waals surface area (Å²) in [6.07, 6.45) is 1.68. The van der Waals surface area contributed by atoms with E-state index in [1.807, 2.05) is 19.1 Å². The number of nitrogens with two attached hydrogens (primary N) is 2. The highest BCUT2D eigenvalue weighted by Crippen LogP contribution is 2.36. The normalized spacial score (nSPS) is 11.1. The molecule has 0 aliphatic carbocycles. The molecule has 0 aliphatic rings. The summed E-state index contributed by atoms with van der Waals surface area (Å²) >= 11 is 0. The Labute approximate surface area is 148 Å². The molecule has 26 heavy (non-hydrogen) atoms. The van der Waals surface area contributed by atoms with Gasteiger partial charge in [0.05, 0.1) is 28.5 Å². The summed E-state index contributed by atoms with van der Waals surface area (Å²) in [5, 5.41) is 17.9. The molecule has 8 heteroatoms. The molecule has 3 heterocycles. The van der Waals surface area contributed by atoms with Crippen molar-refractivity contribution in [1.82, 2.24) is 19.7 Å². The first kappa shape index (κ1) is 15.7. The van der Waals surface area contributed by atoms with Crippen LogP contribution in [0.2, 0.25) is 0 Å². The van der Waals surface area contributed by atoms with Crippen LogP contribution in [0, 0.1) is 25.2 Å². The van der Waals surface area contributed by atoms with Crippen molar-refractivity contribution in [1.29, 1.82) is 5.26 Å². The summed E-state index contributed by atoms with van der Waals surface area (Å²) in [4.78, 5) is 16.4. The number of rotatable bonds is 2. The number of amides is 1. The van der Waals surface area contributed by atoms with Crippen LogP contribution in [-0.2, 0) is 0 Å². The molecule has 0 fully saturated rings. The van der Waals surface area contributed by atoms with Crippen molar-refractivity contribution in [3.63, 3.8) is 0 Å². The Bertz CT molecular complexity index is 1260. The molecule has 0 saturated heterocycles. The lowest BCUT2D eigenvalue weighted by Gasteiger charge is -2.13. The highest BCUT2D eigenvalue weighted by Gasteiger charge is 2.25. The number of carbonyl (C=O) groups excluding carboxylic acids is 1. The SMILES string of the molecule is Cc1cc2c(C(N)=O)c(N)n(-c3c(C)ccc4[nH]ncc34)c2c(C#N)n1. The molecule has 4 rings (SSSR count). The third kappa shape index (κ3) is 1.97. The molecule has 0 saturated carbocycles. The number of benzene rings is 1. The van der Waals surface area contributed by atoms with Crippen LogP contribution in [0.1, 0.15) is 27.3 Å². The van der Waals surface area contributed by atoms with Gasteiger partial charge >= 0.3 is 0 Å². The van der Waals surface area contributed by atoms with E-state index in [1.54, 1.807) is 23.8 Å². The molecule has 0 aliphatic heterocycles. The minimum atomic E-state index is -0.655. The third-order valence-electron chi connectivity index (χ3n) is 4.48. The zero-order valence-corrected chi connectivity index (χ0v) is 14.2. The van der Waals surface area contributed by atoms with Gasteiger partial charge in [-0.2, -0.15) is 10.4 Å². The highest BCUT2D eigenvalue weighted by molar-refractivity contribution is 6.13. The first-order chi connectivity index (χ1) is 12.4. The van der Waals surface area contributed by atoms with Crippen LogP contribution in [0.3, 0.4) is 0 Å². The van der Waals surface area contributed by atoms with Gasteiger partial charge in [-0.05, 0) is 31.5 Å². The number of primary amides is 1. The minimum Gasteiger partial charge on any atom is -0.384 e. The lowest BCUT2D eigenvalue weighted by molar-refractivity contribution is 0.100. The number of aryl methyl sites for hydroxylation is 2. The number of hydrogen-bond acceptors (Lipinski definition) is 5. The zero-order chi connectivity index (χ0) is 18.6. The molecule has 128 valence electrons. The van der Waals surface area contributed by atoms with E-state index in [4.69, 9.17) is 11.5 Å². The van der Waals surface area contributed by atoms with E-state index in [1.165, 1.54) is 0 Å². The van der Waals surface area contributed by atoms with Crippen LogP contribution < -0.4 is 11.5 Å². The van der Waals surface area contributed by atoms with Crippen molar-refractivity contribution >= 4 is 33.5 Å². The quantitative estimate of drug-likeness (QED) is 0.510. The fraction of sp³-hybridized carbons (Fsp3) is 0.111. The third-order valence-corrected chi connectivity index (χ3v) is 4.48. The Balaban J connectivity index is 2.29. The molecule has 0 atom stereocenters. The molecule has 0 bridgehead atoms. The van der Waals surface area contributed by atoms with Gasteiger partial charge in [0.25, 0.3) is 5.91 Å². The monoisotopic (exact) mass is 345 g/mol. The second-order valence-electron chi connectivity index (χ2n) is 6.14. The Kier molecular flexibility index (Phi) is 3.20. The first-order valence-electron chi connectivity index (χ1n) is 7.88. The summed E-state index contributed by atoms with van der Waals surface area (Å²) < 4.78 is 1.67. The molecular weight excluding hydrogens is 330 g/mol. The number of pyridine rings is 1. The standard InChI is InChI=1S/C18H15N7O/c1-8-3-4-12-11(7-22-24-12)15(8)25-16-10(14(17(25)20)18(21)26)5-9(2)23-13(16)6-19/h3-5,7H,20H2,1-2H3,(H2,21,26)(H,22,24). The lowest BCUT2D eigenvalue weighted by atomic mass is 10.1. The van der Waals surface area contributed by atoms with Gasteiger partial charge in [0, 0.05) is 16.5 Å². The summed E-state index contributed by atoms with van der Waals surface area (Å²) in [5.41, 5.74) is 15.8. The number of nitrogens with zero attached hydrogens (tertiary/aromatic N) is 4. The molecule has 8 nitrogen and oxygen atoms in total. The smallest absolute Gasteiger partial charge is 0.253 e. The van der Waals surface area contributed by atoms with E-state index in [-0.39, 0.29) is 17.1 Å². The number of aromatic nitrogens is 4. The lowest BCUT2D eigenvalue weighted by Crippen LogP contribution is -2.14. The average molecular weight is 345 g/mol. The number of hydrogen-bond donors (Lipinski definition) is 3. The van der Waals surface area contributed by atoms with Gasteiger partial charge in [-0.15, -0.1) is 0 Å². The van der Waals surface area contributed by atoms with Crippen LogP contribution in [0.4, 0.5) is 5.82 Å². The number of anilines is 1. The van der Waals surface area contributed by atoms with E-state index in [9.17, 15) is 10.1 Å². The van der Waals surface area contributed by atoms with E-state index in [0.717, 1.165) is 22.2 Å². The van der Waals surface area contributed by atoms with Crippen LogP contribution in [0.15, 0.2) is 24.4 Å². The summed E-state index contributed by atoms with van der Waals surface area (Å²) in [6.45, 7) is 3.67. The highest BCUT2D eigenvalue weighted by atomic mass is 16.1. The van der Waals surface area contributed by atoms with E-state index < -0.39 is 5.91 Å². The molecule has 1 amide bonds. The number of nitrogen functional groups attached to an aromatic ring is 1. The van der Waals surface area contributed by atoms with Crippen molar-refractivity contribution < 1.29 is 4.79 Å². The maximum absolute atomic E-state index is 12.1. The molecule has 4 aromatic rings. The molecule has 0 spiro atoms. The van der Waals surface area contributed by atoms with Gasteiger partial charge in [-0.25, -0.2) is 4.98 Å². The molecule has 3 aromatic heterocycles. The van der Waals surface area contributed by atoms with E-state index in [2.05, 4.69) is 21.3 Å². The molecule has 5 N–H and O–H groups in total. The molecule has 0 radical (unpaired) electrons. The molecular formula is C18H15N7O. The number of H-pyrrole nitrogens is 1. The number of carbonyl (C=O) groups is 1. The van der Waals surface area contributed by atoms with Crippen LogP contribution in [0.25, 0.3) is 27.5 Å². The minimum absolute atomic E-state index is 0.174. The van der Waals surface area contributed by atoms with Crippen molar-refractivity contribution in [3.8, 4) is 11.8 Å². The van der Waals surface area contributed by atoms with Crippen molar-refractivity contribution in [2.75, 3.05) is 5.73 Å². The van der Waals surface area contributed by atoms with Crippen molar-refractivity contribution in [2.24, 2.45) is 5.73 Å². The number of nitriles is 1. The Morgan fingerprint density at radius 2 is 2.08 bits per heavy atom. The molecule has 1 aromatic carbocycles. The average Bonchev–Trinajstić information content (AvgIpc) is 3.16. The largest absolute Gasteiger partial charge is 0.384 e. The van der Waals surface area contributed by atoms with Gasteiger partial charge < -0.3 is 11.5 Å². The fourth-order valence-corrected chi connectivity index (χ4v) is 3.43. The number of nitrogens with one attached hydrogen (secondary N) is 1. The van der Waals surface area contributed by atoms with Crippen LogP contribution in [0.5, 0.6) is 0 Å².